The molecule has 28 heavy (non-hydrogen) atoms. The van der Waals surface area contributed by atoms with E-state index in [1.54, 1.807) is 0 Å². The van der Waals surface area contributed by atoms with Crippen molar-refractivity contribution in [2.45, 2.75) is 20.0 Å². The molecule has 5 nitrogen and oxygen atoms in total. The lowest BCUT2D eigenvalue weighted by atomic mass is 10.1. The molecule has 4 rings (SSSR count). The minimum absolute atomic E-state index is 0.0494. The maximum atomic E-state index is 12.8. The van der Waals surface area contributed by atoms with Crippen LogP contribution in [0.2, 0.25) is 0 Å². The number of fused-ring (bicyclic) bond motifs is 1. The Balaban J connectivity index is 1.52. The summed E-state index contributed by atoms with van der Waals surface area (Å²) in [5.74, 6) is -0.216. The second-order valence-electron chi connectivity index (χ2n) is 6.57. The van der Waals surface area contributed by atoms with Crippen LogP contribution in [0, 0.1) is 6.92 Å². The number of thiophene rings is 1. The molecule has 2 aromatic carbocycles. The van der Waals surface area contributed by atoms with E-state index in [9.17, 15) is 9.59 Å². The number of hydrogen-bond donors (Lipinski definition) is 1. The van der Waals surface area contributed by atoms with Crippen molar-refractivity contribution in [3.63, 3.8) is 0 Å². The molecule has 0 aliphatic rings. The maximum absolute atomic E-state index is 12.8. The SMILES string of the molecule is Cc1ccccc1CNC(=O)Cn1cnc2cc(-c3ccccc3)sc2c1=O. The predicted molar refractivity (Wildman–Crippen MR) is 112 cm³/mol. The number of amides is 1. The number of hydrogen-bond acceptors (Lipinski definition) is 4. The molecule has 4 aromatic rings. The molecular weight excluding hydrogens is 370 g/mol. The Morgan fingerprint density at radius 3 is 2.64 bits per heavy atom. The van der Waals surface area contributed by atoms with Gasteiger partial charge < -0.3 is 5.32 Å². The number of carbonyl (C=O) groups is 1. The molecule has 2 heterocycles. The van der Waals surface area contributed by atoms with Gasteiger partial charge in [0.1, 0.15) is 11.2 Å². The van der Waals surface area contributed by atoms with Crippen LogP contribution >= 0.6 is 11.3 Å². The third-order valence-electron chi connectivity index (χ3n) is 4.61. The molecule has 0 aliphatic carbocycles. The van der Waals surface area contributed by atoms with Crippen LogP contribution in [-0.2, 0) is 17.9 Å². The van der Waals surface area contributed by atoms with Gasteiger partial charge in [0, 0.05) is 11.4 Å². The first-order valence-corrected chi connectivity index (χ1v) is 9.79. The summed E-state index contributed by atoms with van der Waals surface area (Å²) < 4.78 is 1.92. The van der Waals surface area contributed by atoms with E-state index < -0.39 is 0 Å². The maximum Gasteiger partial charge on any atom is 0.271 e. The smallest absolute Gasteiger partial charge is 0.271 e. The van der Waals surface area contributed by atoms with Crippen molar-refractivity contribution in [1.29, 1.82) is 0 Å². The first-order valence-electron chi connectivity index (χ1n) is 8.97. The van der Waals surface area contributed by atoms with E-state index in [2.05, 4.69) is 10.3 Å². The van der Waals surface area contributed by atoms with E-state index in [4.69, 9.17) is 0 Å². The molecule has 0 saturated carbocycles. The van der Waals surface area contributed by atoms with Crippen LogP contribution < -0.4 is 10.9 Å². The number of rotatable bonds is 5. The third kappa shape index (κ3) is 3.73. The van der Waals surface area contributed by atoms with Gasteiger partial charge in [-0.3, -0.25) is 14.2 Å². The highest BCUT2D eigenvalue weighted by molar-refractivity contribution is 7.22. The second-order valence-corrected chi connectivity index (χ2v) is 7.62. The van der Waals surface area contributed by atoms with Crippen LogP contribution in [0.25, 0.3) is 20.7 Å². The Morgan fingerprint density at radius 2 is 1.86 bits per heavy atom. The van der Waals surface area contributed by atoms with E-state index in [0.29, 0.717) is 16.8 Å². The van der Waals surface area contributed by atoms with Gasteiger partial charge in [-0.2, -0.15) is 0 Å². The number of aryl methyl sites for hydroxylation is 1. The third-order valence-corrected chi connectivity index (χ3v) is 5.77. The van der Waals surface area contributed by atoms with Crippen molar-refractivity contribution >= 4 is 27.5 Å². The highest BCUT2D eigenvalue weighted by Crippen LogP contribution is 2.30. The molecule has 140 valence electrons. The average molecular weight is 389 g/mol. The molecule has 6 heteroatoms. The van der Waals surface area contributed by atoms with E-state index in [0.717, 1.165) is 21.6 Å². The monoisotopic (exact) mass is 389 g/mol. The lowest BCUT2D eigenvalue weighted by molar-refractivity contribution is -0.121. The van der Waals surface area contributed by atoms with E-state index in [1.807, 2.05) is 67.6 Å². The van der Waals surface area contributed by atoms with Crippen molar-refractivity contribution in [2.75, 3.05) is 0 Å². The van der Waals surface area contributed by atoms with E-state index >= 15 is 0 Å². The second kappa shape index (κ2) is 7.78. The minimum Gasteiger partial charge on any atom is -0.350 e. The molecule has 0 fully saturated rings. The zero-order chi connectivity index (χ0) is 19.5. The summed E-state index contributed by atoms with van der Waals surface area (Å²) in [7, 11) is 0. The molecular formula is C22H19N3O2S. The summed E-state index contributed by atoms with van der Waals surface area (Å²) in [6, 6.07) is 19.7. The lowest BCUT2D eigenvalue weighted by Gasteiger charge is -2.09. The summed E-state index contributed by atoms with van der Waals surface area (Å²) in [4.78, 5) is 30.5. The van der Waals surface area contributed by atoms with Gasteiger partial charge in [0.05, 0.1) is 11.8 Å². The first-order chi connectivity index (χ1) is 13.6. The molecule has 0 radical (unpaired) electrons. The van der Waals surface area contributed by atoms with Gasteiger partial charge in [-0.05, 0) is 29.7 Å². The predicted octanol–water partition coefficient (Wildman–Crippen LogP) is 3.75. The normalized spacial score (nSPS) is 10.9. The van der Waals surface area contributed by atoms with Gasteiger partial charge in [-0.1, -0.05) is 54.6 Å². The standard InChI is InChI=1S/C22H19N3O2S/c1-15-7-5-6-10-17(15)12-23-20(26)13-25-14-24-18-11-19(28-21(18)22(25)27)16-8-3-2-4-9-16/h2-11,14H,12-13H2,1H3,(H,23,26). The summed E-state index contributed by atoms with van der Waals surface area (Å²) in [5, 5.41) is 2.87. The number of nitrogens with one attached hydrogen (secondary N) is 1. The molecule has 2 aromatic heterocycles. The van der Waals surface area contributed by atoms with Crippen LogP contribution in [0.15, 0.2) is 71.8 Å². The van der Waals surface area contributed by atoms with Crippen LogP contribution in [0.1, 0.15) is 11.1 Å². The Labute approximate surface area is 166 Å². The van der Waals surface area contributed by atoms with Gasteiger partial charge in [-0.15, -0.1) is 11.3 Å². The van der Waals surface area contributed by atoms with E-state index in [1.165, 1.54) is 22.2 Å². The first kappa shape index (κ1) is 18.1. The largest absolute Gasteiger partial charge is 0.350 e. The minimum atomic E-state index is -0.216. The molecule has 0 atom stereocenters. The van der Waals surface area contributed by atoms with Crippen molar-refractivity contribution in [3.05, 3.63) is 88.5 Å². The van der Waals surface area contributed by atoms with Gasteiger partial charge in [0.2, 0.25) is 5.91 Å². The van der Waals surface area contributed by atoms with Crippen LogP contribution in [0.4, 0.5) is 0 Å². The fourth-order valence-corrected chi connectivity index (χ4v) is 4.08. The molecule has 0 spiro atoms. The van der Waals surface area contributed by atoms with Crippen molar-refractivity contribution in [2.24, 2.45) is 0 Å². The summed E-state index contributed by atoms with van der Waals surface area (Å²) in [6.07, 6.45) is 1.44. The summed E-state index contributed by atoms with van der Waals surface area (Å²) in [6.45, 7) is 2.39. The molecule has 1 N–H and O–H groups in total. The number of aromatic nitrogens is 2. The fraction of sp³-hybridized carbons (Fsp3) is 0.136. The topological polar surface area (TPSA) is 64.0 Å². The van der Waals surface area contributed by atoms with Crippen molar-refractivity contribution < 1.29 is 4.79 Å². The van der Waals surface area contributed by atoms with Crippen LogP contribution in [-0.4, -0.2) is 15.5 Å². The number of carbonyl (C=O) groups excluding carboxylic acids is 1. The average Bonchev–Trinajstić information content (AvgIpc) is 3.15. The quantitative estimate of drug-likeness (QED) is 0.565. The molecule has 0 unspecified atom stereocenters. The Bertz CT molecular complexity index is 1200. The zero-order valence-electron chi connectivity index (χ0n) is 15.4. The number of benzene rings is 2. The van der Waals surface area contributed by atoms with Gasteiger partial charge >= 0.3 is 0 Å². The Morgan fingerprint density at radius 1 is 1.11 bits per heavy atom. The molecule has 1 amide bonds. The van der Waals surface area contributed by atoms with Crippen molar-refractivity contribution in [1.82, 2.24) is 14.9 Å². The zero-order valence-corrected chi connectivity index (χ0v) is 16.2. The lowest BCUT2D eigenvalue weighted by Crippen LogP contribution is -2.32. The van der Waals surface area contributed by atoms with Crippen LogP contribution in [0.5, 0.6) is 0 Å². The van der Waals surface area contributed by atoms with Gasteiger partial charge in [0.25, 0.3) is 5.56 Å². The van der Waals surface area contributed by atoms with Crippen molar-refractivity contribution in [3.8, 4) is 10.4 Å². The van der Waals surface area contributed by atoms with Gasteiger partial charge in [0.15, 0.2) is 0 Å². The molecule has 0 saturated heterocycles. The van der Waals surface area contributed by atoms with Crippen LogP contribution in [0.3, 0.4) is 0 Å². The highest BCUT2D eigenvalue weighted by atomic mass is 32.1. The van der Waals surface area contributed by atoms with E-state index in [-0.39, 0.29) is 18.0 Å². The fourth-order valence-electron chi connectivity index (χ4n) is 3.02. The highest BCUT2D eigenvalue weighted by Gasteiger charge is 2.12. The Hall–Kier alpha value is -3.25. The summed E-state index contributed by atoms with van der Waals surface area (Å²) in [5.41, 5.74) is 3.69. The Kier molecular flexibility index (Phi) is 5.04. The number of nitrogens with zero attached hydrogens (tertiary/aromatic N) is 2. The molecule has 0 aliphatic heterocycles. The molecule has 0 bridgehead atoms. The summed E-state index contributed by atoms with van der Waals surface area (Å²) >= 11 is 1.40. The van der Waals surface area contributed by atoms with Gasteiger partial charge in [-0.25, -0.2) is 4.98 Å².